The minimum Gasteiger partial charge on any atom is -0.545 e. The third kappa shape index (κ3) is 81.3. The van der Waals surface area contributed by atoms with E-state index in [-0.39, 0.29) is 38.6 Å². The topological polar surface area (TPSA) is 111 Å². The summed E-state index contributed by atoms with van der Waals surface area (Å²) in [6.45, 7) is 4.50. The van der Waals surface area contributed by atoms with Gasteiger partial charge in [-0.1, -0.05) is 350 Å². The lowest BCUT2D eigenvalue weighted by atomic mass is 10.0. The van der Waals surface area contributed by atoms with Gasteiger partial charge >= 0.3 is 11.9 Å². The van der Waals surface area contributed by atoms with Crippen molar-refractivity contribution < 1.29 is 42.9 Å². The molecule has 570 valence electrons. The van der Waals surface area contributed by atoms with Crippen LogP contribution in [0, 0.1) is 0 Å². The summed E-state index contributed by atoms with van der Waals surface area (Å²) in [4.78, 5) is 37.6. The Hall–Kier alpha value is -5.87. The molecule has 2 unspecified atom stereocenters. The third-order valence-electron chi connectivity index (χ3n) is 16.8. The molecule has 9 heteroatoms. The van der Waals surface area contributed by atoms with Crippen LogP contribution in [0.15, 0.2) is 194 Å². The second-order valence-corrected chi connectivity index (χ2v) is 27.6. The fourth-order valence-corrected chi connectivity index (χ4v) is 10.7. The van der Waals surface area contributed by atoms with Gasteiger partial charge in [-0.3, -0.25) is 9.59 Å². The summed E-state index contributed by atoms with van der Waals surface area (Å²) in [5.74, 6) is -2.31. The number of nitrogens with zero attached hydrogens (tertiary/aromatic N) is 1. The summed E-state index contributed by atoms with van der Waals surface area (Å²) in [5.41, 5.74) is 0. The second kappa shape index (κ2) is 79.8. The van der Waals surface area contributed by atoms with Gasteiger partial charge in [-0.2, -0.15) is 0 Å². The van der Waals surface area contributed by atoms with Gasteiger partial charge in [0.25, 0.3) is 0 Å². The van der Waals surface area contributed by atoms with Gasteiger partial charge in [-0.15, -0.1) is 0 Å². The molecule has 0 saturated carbocycles. The Kier molecular flexibility index (Phi) is 75.2. The minimum atomic E-state index is -1.64. The molecule has 0 heterocycles. The first-order chi connectivity index (χ1) is 49.6. The summed E-state index contributed by atoms with van der Waals surface area (Å²) in [6.07, 6.45) is 120. The molecule has 0 aliphatic heterocycles. The zero-order valence-corrected chi connectivity index (χ0v) is 65.2. The lowest BCUT2D eigenvalue weighted by molar-refractivity contribution is -0.870. The number of carbonyl (C=O) groups excluding carboxylic acids is 3. The molecule has 101 heavy (non-hydrogen) atoms. The number of carboxylic acid groups (broad SMARTS) is 1. The van der Waals surface area contributed by atoms with Crippen molar-refractivity contribution in [1.82, 2.24) is 0 Å². The standard InChI is InChI=1S/C92H149NO8/c1-6-8-10-12-14-16-18-20-22-24-26-28-30-32-34-36-38-40-42-44-45-47-48-50-52-54-56-58-60-62-64-66-68-70-72-74-76-78-80-82-89(94)99-86-88(87-100-92(91(96)97)98-85-84-93(3,4)5)101-90(95)83-81-79-77-75-73-71-69-67-65-63-61-59-57-55-53-51-49-46-43-41-39-37-35-33-31-29-27-25-23-21-19-17-15-13-11-9-7-2/h8-11,14-17,20-23,26-29,32-35,38-41,46,49,53,55,59,61,65,67,88,92H,6-7,12-13,18-19,24-25,30-31,36-37,42-45,47-48,50-52,54,56-58,60,62-64,66,68-87H2,1-5H3/b10-8-,11-9-,16-14-,17-15-,22-20-,23-21-,28-26-,29-27-,34-32-,35-33-,40-38-,41-39-,49-46-,55-53-,61-59-,67-65-. The number of hydrogen-bond acceptors (Lipinski definition) is 8. The van der Waals surface area contributed by atoms with Gasteiger partial charge in [0, 0.05) is 12.8 Å². The Morgan fingerprint density at radius 3 is 0.792 bits per heavy atom. The van der Waals surface area contributed by atoms with Gasteiger partial charge < -0.3 is 33.3 Å². The van der Waals surface area contributed by atoms with Gasteiger partial charge in [0.05, 0.1) is 40.3 Å². The first-order valence-corrected chi connectivity index (χ1v) is 40.6. The SMILES string of the molecule is CC/C=C\C/C=C\C/C=C\C/C=C\C/C=C\C/C=C\C/C=C\C/C=C\C/C=C\C/C=C\CCCCCCCCC(=O)OC(COC(=O)CCCCCCCCCCCCCCCCCCCCCC/C=C\C/C=C\C/C=C\C/C=C\C/C=C\C/C=C\CC)COC(OCC[N+](C)(C)C)C(=O)[O-]. The second-order valence-electron chi connectivity index (χ2n) is 27.6. The number of likely N-dealkylation sites (N-methyl/N-ethyl adjacent to an activating group) is 1. The molecule has 0 amide bonds. The van der Waals surface area contributed by atoms with Crippen LogP contribution in [-0.4, -0.2) is 82.3 Å². The zero-order valence-electron chi connectivity index (χ0n) is 65.2. The Morgan fingerprint density at radius 2 is 0.535 bits per heavy atom. The van der Waals surface area contributed by atoms with Crippen molar-refractivity contribution in [2.24, 2.45) is 0 Å². The highest BCUT2D eigenvalue weighted by Gasteiger charge is 2.22. The summed E-state index contributed by atoms with van der Waals surface area (Å²) in [7, 11) is 5.92. The molecule has 0 aliphatic carbocycles. The molecule has 0 saturated heterocycles. The molecule has 0 radical (unpaired) electrons. The number of aliphatic carboxylic acids is 1. The Morgan fingerprint density at radius 1 is 0.297 bits per heavy atom. The van der Waals surface area contributed by atoms with Crippen molar-refractivity contribution in [3.05, 3.63) is 194 Å². The third-order valence-corrected chi connectivity index (χ3v) is 16.8. The molecule has 0 rings (SSSR count). The Labute approximate surface area is 621 Å². The largest absolute Gasteiger partial charge is 0.545 e. The van der Waals surface area contributed by atoms with E-state index in [4.69, 9.17) is 18.9 Å². The number of carbonyl (C=O) groups is 3. The maximum absolute atomic E-state index is 13.0. The fraction of sp³-hybridized carbons (Fsp3) is 0.620. The fourth-order valence-electron chi connectivity index (χ4n) is 10.7. The van der Waals surface area contributed by atoms with Crippen LogP contribution in [0.4, 0.5) is 0 Å². The number of ether oxygens (including phenoxy) is 4. The molecule has 0 spiro atoms. The van der Waals surface area contributed by atoms with Gasteiger partial charge in [-0.05, 0) is 141 Å². The van der Waals surface area contributed by atoms with Crippen LogP contribution < -0.4 is 5.11 Å². The van der Waals surface area contributed by atoms with E-state index in [1.54, 1.807) is 0 Å². The molecule has 0 aromatic heterocycles. The van der Waals surface area contributed by atoms with E-state index in [2.05, 4.69) is 208 Å². The molecule has 9 nitrogen and oxygen atoms in total. The maximum atomic E-state index is 13.0. The van der Waals surface area contributed by atoms with Crippen molar-refractivity contribution in [2.75, 3.05) is 47.5 Å². The number of rotatable bonds is 73. The monoisotopic (exact) mass is 1400 g/mol. The summed E-state index contributed by atoms with van der Waals surface area (Å²) >= 11 is 0. The number of hydrogen-bond donors (Lipinski definition) is 0. The Bertz CT molecular complexity index is 2380. The number of quaternary nitrogens is 1. The van der Waals surface area contributed by atoms with E-state index in [1.165, 1.54) is 116 Å². The summed E-state index contributed by atoms with van der Waals surface area (Å²) < 4.78 is 22.8. The van der Waals surface area contributed by atoms with Crippen LogP contribution in [-0.2, 0) is 33.3 Å². The predicted molar refractivity (Wildman–Crippen MR) is 434 cm³/mol. The highest BCUT2D eigenvalue weighted by molar-refractivity contribution is 5.70. The van der Waals surface area contributed by atoms with Gasteiger partial charge in [0.1, 0.15) is 13.2 Å². The molecule has 0 fully saturated rings. The van der Waals surface area contributed by atoms with E-state index in [0.29, 0.717) is 17.4 Å². The number of esters is 2. The molecular weight excluding hydrogens is 1250 g/mol. The quantitative estimate of drug-likeness (QED) is 0.0195. The first-order valence-electron chi connectivity index (χ1n) is 40.6. The highest BCUT2D eigenvalue weighted by atomic mass is 16.7. The highest BCUT2D eigenvalue weighted by Crippen LogP contribution is 2.17. The van der Waals surface area contributed by atoms with Gasteiger partial charge in [0.2, 0.25) is 0 Å². The smallest absolute Gasteiger partial charge is 0.306 e. The van der Waals surface area contributed by atoms with Crippen molar-refractivity contribution in [3.63, 3.8) is 0 Å². The molecule has 0 N–H and O–H groups in total. The lowest BCUT2D eigenvalue weighted by Crippen LogP contribution is -2.44. The van der Waals surface area contributed by atoms with Crippen LogP contribution in [0.3, 0.4) is 0 Å². The normalized spacial score (nSPS) is 13.7. The van der Waals surface area contributed by atoms with Gasteiger partial charge in [0.15, 0.2) is 12.4 Å². The van der Waals surface area contributed by atoms with E-state index < -0.39 is 24.3 Å². The zero-order chi connectivity index (χ0) is 73.2. The predicted octanol–water partition coefficient (Wildman–Crippen LogP) is 25.1. The van der Waals surface area contributed by atoms with Crippen molar-refractivity contribution in [3.8, 4) is 0 Å². The average Bonchev–Trinajstić information content (AvgIpc) is 1.25. The number of carboxylic acids is 1. The van der Waals surface area contributed by atoms with Crippen LogP contribution in [0.25, 0.3) is 0 Å². The number of unbranched alkanes of at least 4 members (excludes halogenated alkanes) is 26. The van der Waals surface area contributed by atoms with Crippen LogP contribution in [0.2, 0.25) is 0 Å². The molecule has 0 aromatic carbocycles. The van der Waals surface area contributed by atoms with Crippen molar-refractivity contribution in [2.45, 2.75) is 322 Å². The van der Waals surface area contributed by atoms with E-state index in [1.807, 2.05) is 21.1 Å². The molecular formula is C92H149NO8. The van der Waals surface area contributed by atoms with Gasteiger partial charge in [-0.25, -0.2) is 0 Å². The summed E-state index contributed by atoms with van der Waals surface area (Å²) in [5, 5.41) is 11.9. The minimum absolute atomic E-state index is 0.136. The van der Waals surface area contributed by atoms with Crippen LogP contribution in [0.5, 0.6) is 0 Å². The summed E-state index contributed by atoms with van der Waals surface area (Å²) in [6, 6.07) is 0. The Balaban J connectivity index is 4.11. The van der Waals surface area contributed by atoms with Crippen molar-refractivity contribution in [1.29, 1.82) is 0 Å². The maximum Gasteiger partial charge on any atom is 0.306 e. The molecule has 0 bridgehead atoms. The molecule has 0 aromatic rings. The van der Waals surface area contributed by atoms with E-state index >= 15 is 0 Å². The lowest BCUT2D eigenvalue weighted by Gasteiger charge is -2.26. The molecule has 2 atom stereocenters. The van der Waals surface area contributed by atoms with E-state index in [9.17, 15) is 19.5 Å². The number of allylic oxidation sites excluding steroid dienone is 32. The average molecular weight is 1400 g/mol. The van der Waals surface area contributed by atoms with Crippen molar-refractivity contribution >= 4 is 17.9 Å². The van der Waals surface area contributed by atoms with E-state index in [0.717, 1.165) is 161 Å². The first kappa shape index (κ1) is 95.1. The van der Waals surface area contributed by atoms with Crippen LogP contribution in [0.1, 0.15) is 309 Å². The molecule has 0 aliphatic rings. The van der Waals surface area contributed by atoms with Crippen LogP contribution >= 0.6 is 0 Å².